The molecule has 120 valence electrons. The number of ether oxygens (including phenoxy) is 1. The molecule has 1 N–H and O–H groups in total. The number of aliphatic imine (C=N–C) groups is 1. The van der Waals surface area contributed by atoms with Gasteiger partial charge in [-0.1, -0.05) is 13.8 Å². The van der Waals surface area contributed by atoms with Crippen molar-refractivity contribution in [2.75, 3.05) is 34.4 Å². The van der Waals surface area contributed by atoms with Crippen molar-refractivity contribution in [3.8, 4) is 0 Å². The van der Waals surface area contributed by atoms with Gasteiger partial charge in [0, 0.05) is 59.7 Å². The van der Waals surface area contributed by atoms with Crippen LogP contribution in [0.2, 0.25) is 0 Å². The maximum atomic E-state index is 5.05. The van der Waals surface area contributed by atoms with Crippen LogP contribution in [0.1, 0.15) is 37.4 Å². The van der Waals surface area contributed by atoms with E-state index in [1.54, 1.807) is 7.11 Å². The van der Waals surface area contributed by atoms with E-state index < -0.39 is 0 Å². The Morgan fingerprint density at radius 2 is 2.24 bits per heavy atom. The first-order valence-electron chi connectivity index (χ1n) is 7.42. The summed E-state index contributed by atoms with van der Waals surface area (Å²) in [5.74, 6) is 1.32. The van der Waals surface area contributed by atoms with Crippen LogP contribution in [0, 0.1) is 0 Å². The summed E-state index contributed by atoms with van der Waals surface area (Å²) >= 11 is 0. The Morgan fingerprint density at radius 1 is 1.52 bits per heavy atom. The molecular formula is C15H29N5O. The van der Waals surface area contributed by atoms with E-state index >= 15 is 0 Å². The van der Waals surface area contributed by atoms with Crippen molar-refractivity contribution in [2.45, 2.75) is 32.7 Å². The highest BCUT2D eigenvalue weighted by molar-refractivity contribution is 5.79. The SMILES string of the molecule is CN=C(NCCCOC)N(C)Cc1cn(C)nc1C(C)C. The molecule has 0 aromatic carbocycles. The summed E-state index contributed by atoms with van der Waals surface area (Å²) in [7, 11) is 7.54. The first-order chi connectivity index (χ1) is 9.99. The Bertz CT molecular complexity index is 453. The molecule has 21 heavy (non-hydrogen) atoms. The largest absolute Gasteiger partial charge is 0.385 e. The lowest BCUT2D eigenvalue weighted by Gasteiger charge is -2.22. The number of rotatable bonds is 7. The van der Waals surface area contributed by atoms with Gasteiger partial charge in [-0.25, -0.2) is 0 Å². The van der Waals surface area contributed by atoms with Crippen molar-refractivity contribution in [3.05, 3.63) is 17.5 Å². The van der Waals surface area contributed by atoms with Gasteiger partial charge in [-0.05, 0) is 12.3 Å². The van der Waals surface area contributed by atoms with E-state index in [-0.39, 0.29) is 0 Å². The fourth-order valence-electron chi connectivity index (χ4n) is 2.29. The van der Waals surface area contributed by atoms with Gasteiger partial charge >= 0.3 is 0 Å². The number of hydrogen-bond acceptors (Lipinski definition) is 3. The fourth-order valence-corrected chi connectivity index (χ4v) is 2.29. The Kier molecular flexibility index (Phi) is 7.22. The maximum Gasteiger partial charge on any atom is 0.193 e. The molecule has 0 aliphatic heterocycles. The second-order valence-corrected chi connectivity index (χ2v) is 5.54. The van der Waals surface area contributed by atoms with Gasteiger partial charge < -0.3 is 15.0 Å². The summed E-state index contributed by atoms with van der Waals surface area (Å²) in [6, 6.07) is 0. The molecule has 1 aromatic rings. The van der Waals surface area contributed by atoms with Crippen LogP contribution in [0.5, 0.6) is 0 Å². The zero-order valence-electron chi connectivity index (χ0n) is 14.2. The molecule has 1 heterocycles. The normalized spacial score (nSPS) is 12.0. The molecule has 0 unspecified atom stereocenters. The first kappa shape index (κ1) is 17.5. The minimum absolute atomic E-state index is 0.422. The van der Waals surface area contributed by atoms with Crippen molar-refractivity contribution >= 4 is 5.96 Å². The average Bonchev–Trinajstić information content (AvgIpc) is 2.79. The number of hydrogen-bond donors (Lipinski definition) is 1. The van der Waals surface area contributed by atoms with Crippen LogP contribution in [0.4, 0.5) is 0 Å². The molecule has 0 saturated heterocycles. The Hall–Kier alpha value is -1.56. The zero-order valence-corrected chi connectivity index (χ0v) is 14.2. The molecule has 0 bridgehead atoms. The lowest BCUT2D eigenvalue weighted by Crippen LogP contribution is -2.39. The van der Waals surface area contributed by atoms with Crippen LogP contribution in [-0.4, -0.2) is 55.0 Å². The average molecular weight is 295 g/mol. The van der Waals surface area contributed by atoms with Gasteiger partial charge in [0.2, 0.25) is 0 Å². The predicted octanol–water partition coefficient (Wildman–Crippen LogP) is 1.59. The molecule has 0 amide bonds. The molecule has 0 spiro atoms. The number of aromatic nitrogens is 2. The molecule has 0 atom stereocenters. The summed E-state index contributed by atoms with van der Waals surface area (Å²) in [4.78, 5) is 6.45. The lowest BCUT2D eigenvalue weighted by molar-refractivity contribution is 0.195. The van der Waals surface area contributed by atoms with Gasteiger partial charge in [0.1, 0.15) is 0 Å². The minimum atomic E-state index is 0.422. The van der Waals surface area contributed by atoms with E-state index in [4.69, 9.17) is 4.74 Å². The molecule has 0 saturated carbocycles. The number of methoxy groups -OCH3 is 1. The van der Waals surface area contributed by atoms with E-state index in [1.165, 1.54) is 5.56 Å². The molecule has 1 aromatic heterocycles. The number of nitrogens with zero attached hydrogens (tertiary/aromatic N) is 4. The highest BCUT2D eigenvalue weighted by Gasteiger charge is 2.14. The van der Waals surface area contributed by atoms with Crippen LogP contribution < -0.4 is 5.32 Å². The van der Waals surface area contributed by atoms with E-state index in [0.29, 0.717) is 5.92 Å². The van der Waals surface area contributed by atoms with Crippen molar-refractivity contribution in [3.63, 3.8) is 0 Å². The van der Waals surface area contributed by atoms with Crippen LogP contribution in [0.25, 0.3) is 0 Å². The Labute approximate surface area is 128 Å². The lowest BCUT2D eigenvalue weighted by atomic mass is 10.1. The third-order valence-electron chi connectivity index (χ3n) is 3.27. The summed E-state index contributed by atoms with van der Waals surface area (Å²) in [6.07, 6.45) is 3.05. The third-order valence-corrected chi connectivity index (χ3v) is 3.27. The van der Waals surface area contributed by atoms with Crippen LogP contribution in [-0.2, 0) is 18.3 Å². The standard InChI is InChI=1S/C15H29N5O/c1-12(2)14-13(11-20(5)18-14)10-19(4)15(16-3)17-8-7-9-21-6/h11-12H,7-10H2,1-6H3,(H,16,17). The third kappa shape index (κ3) is 5.38. The Balaban J connectivity index is 2.64. The highest BCUT2D eigenvalue weighted by atomic mass is 16.5. The van der Waals surface area contributed by atoms with Gasteiger partial charge in [-0.2, -0.15) is 5.10 Å². The zero-order chi connectivity index (χ0) is 15.8. The van der Waals surface area contributed by atoms with E-state index in [9.17, 15) is 0 Å². The molecule has 6 heteroatoms. The molecule has 0 fully saturated rings. The quantitative estimate of drug-likeness (QED) is 0.471. The van der Waals surface area contributed by atoms with Gasteiger partial charge in [-0.15, -0.1) is 0 Å². The summed E-state index contributed by atoms with van der Waals surface area (Å²) in [6.45, 7) is 6.75. The van der Waals surface area contributed by atoms with E-state index in [2.05, 4.69) is 40.4 Å². The maximum absolute atomic E-state index is 5.05. The van der Waals surface area contributed by atoms with E-state index in [0.717, 1.165) is 37.8 Å². The van der Waals surface area contributed by atoms with Gasteiger partial charge in [0.15, 0.2) is 5.96 Å². The van der Waals surface area contributed by atoms with Crippen molar-refractivity contribution in [2.24, 2.45) is 12.0 Å². The molecule has 0 radical (unpaired) electrons. The minimum Gasteiger partial charge on any atom is -0.385 e. The second-order valence-electron chi connectivity index (χ2n) is 5.54. The molecule has 6 nitrogen and oxygen atoms in total. The second kappa shape index (κ2) is 8.67. The predicted molar refractivity (Wildman–Crippen MR) is 86.6 cm³/mol. The topological polar surface area (TPSA) is 54.7 Å². The summed E-state index contributed by atoms with van der Waals surface area (Å²) in [5.41, 5.74) is 2.40. The highest BCUT2D eigenvalue weighted by Crippen LogP contribution is 2.18. The first-order valence-corrected chi connectivity index (χ1v) is 7.42. The fraction of sp³-hybridized carbons (Fsp3) is 0.733. The van der Waals surface area contributed by atoms with Crippen molar-refractivity contribution in [1.29, 1.82) is 0 Å². The molecule has 1 rings (SSSR count). The van der Waals surface area contributed by atoms with Crippen LogP contribution >= 0.6 is 0 Å². The van der Waals surface area contributed by atoms with Crippen LogP contribution in [0.15, 0.2) is 11.2 Å². The summed E-state index contributed by atoms with van der Waals surface area (Å²) < 4.78 is 6.94. The number of nitrogens with one attached hydrogen (secondary N) is 1. The summed E-state index contributed by atoms with van der Waals surface area (Å²) in [5, 5.41) is 7.90. The van der Waals surface area contributed by atoms with E-state index in [1.807, 2.05) is 25.8 Å². The molecule has 0 aliphatic carbocycles. The monoisotopic (exact) mass is 295 g/mol. The van der Waals surface area contributed by atoms with Crippen LogP contribution in [0.3, 0.4) is 0 Å². The van der Waals surface area contributed by atoms with Gasteiger partial charge in [-0.3, -0.25) is 9.67 Å². The number of aryl methyl sites for hydroxylation is 1. The number of guanidine groups is 1. The van der Waals surface area contributed by atoms with Gasteiger partial charge in [0.05, 0.1) is 5.69 Å². The molecular weight excluding hydrogens is 266 g/mol. The smallest absolute Gasteiger partial charge is 0.193 e. The van der Waals surface area contributed by atoms with Crippen molar-refractivity contribution in [1.82, 2.24) is 20.0 Å². The van der Waals surface area contributed by atoms with Gasteiger partial charge in [0.25, 0.3) is 0 Å². The Morgan fingerprint density at radius 3 is 2.81 bits per heavy atom. The molecule has 0 aliphatic rings. The van der Waals surface area contributed by atoms with Crippen molar-refractivity contribution < 1.29 is 4.74 Å².